The molecular formula is C24H23F3N2O. The van der Waals surface area contributed by atoms with Crippen LogP contribution >= 0.6 is 0 Å². The second-order valence-corrected chi connectivity index (χ2v) is 8.06. The van der Waals surface area contributed by atoms with Crippen LogP contribution in [0.5, 0.6) is 0 Å². The molecule has 2 N–H and O–H groups in total. The summed E-state index contributed by atoms with van der Waals surface area (Å²) >= 11 is 0. The quantitative estimate of drug-likeness (QED) is 0.484. The molecule has 6 heteroatoms. The van der Waals surface area contributed by atoms with Gasteiger partial charge in [0.15, 0.2) is 0 Å². The van der Waals surface area contributed by atoms with E-state index in [-0.39, 0.29) is 11.3 Å². The van der Waals surface area contributed by atoms with Crippen molar-refractivity contribution in [1.82, 2.24) is 0 Å². The number of anilines is 3. The van der Waals surface area contributed by atoms with Gasteiger partial charge < -0.3 is 10.6 Å². The minimum atomic E-state index is -4.36. The second kappa shape index (κ2) is 8.22. The first kappa shape index (κ1) is 21.4. The van der Waals surface area contributed by atoms with Crippen LogP contribution in [0.4, 0.5) is 30.2 Å². The Bertz CT molecular complexity index is 1000. The van der Waals surface area contributed by atoms with Crippen LogP contribution in [0.25, 0.3) is 0 Å². The molecule has 0 spiro atoms. The number of rotatable bonds is 4. The molecule has 3 rings (SSSR count). The van der Waals surface area contributed by atoms with Gasteiger partial charge in [0, 0.05) is 22.6 Å². The lowest BCUT2D eigenvalue weighted by atomic mass is 9.87. The fraction of sp³-hybridized carbons (Fsp3) is 0.208. The van der Waals surface area contributed by atoms with E-state index in [1.165, 1.54) is 12.1 Å². The Hall–Kier alpha value is -3.28. The van der Waals surface area contributed by atoms with Crippen LogP contribution in [0.3, 0.4) is 0 Å². The molecule has 1 amide bonds. The van der Waals surface area contributed by atoms with E-state index in [0.717, 1.165) is 17.7 Å². The average Bonchev–Trinajstić information content (AvgIpc) is 2.68. The van der Waals surface area contributed by atoms with Crippen molar-refractivity contribution in [1.29, 1.82) is 0 Å². The highest BCUT2D eigenvalue weighted by molar-refractivity contribution is 6.04. The summed E-state index contributed by atoms with van der Waals surface area (Å²) in [7, 11) is 0. The topological polar surface area (TPSA) is 41.1 Å². The van der Waals surface area contributed by atoms with Gasteiger partial charge in [0.05, 0.1) is 5.56 Å². The van der Waals surface area contributed by atoms with Gasteiger partial charge in [-0.2, -0.15) is 13.2 Å². The lowest BCUT2D eigenvalue weighted by Gasteiger charge is -2.19. The number of hydrogen-bond acceptors (Lipinski definition) is 2. The number of nitrogens with one attached hydrogen (secondary N) is 2. The first-order valence-electron chi connectivity index (χ1n) is 9.49. The number of carbonyl (C=O) groups excluding carboxylic acids is 1. The van der Waals surface area contributed by atoms with E-state index in [4.69, 9.17) is 0 Å². The molecule has 0 saturated heterocycles. The van der Waals surface area contributed by atoms with Crippen molar-refractivity contribution in [3.05, 3.63) is 89.5 Å². The van der Waals surface area contributed by atoms with Crippen molar-refractivity contribution in [3.63, 3.8) is 0 Å². The number of hydrogen-bond donors (Lipinski definition) is 2. The SMILES string of the molecule is CC(C)(C)c1ccc(C(=O)Nc2ccc(Nc3ccc(C(F)(F)F)cc3)cc2)cc1. The molecule has 156 valence electrons. The average molecular weight is 412 g/mol. The number of benzene rings is 3. The first-order valence-corrected chi connectivity index (χ1v) is 9.49. The van der Waals surface area contributed by atoms with Crippen LogP contribution in [0.1, 0.15) is 42.3 Å². The Balaban J connectivity index is 1.62. The number of halogens is 3. The number of alkyl halides is 3. The van der Waals surface area contributed by atoms with Crippen molar-refractivity contribution in [2.75, 3.05) is 10.6 Å². The van der Waals surface area contributed by atoms with Crippen molar-refractivity contribution in [2.45, 2.75) is 32.4 Å². The van der Waals surface area contributed by atoms with Crippen LogP contribution in [0, 0.1) is 0 Å². The van der Waals surface area contributed by atoms with E-state index < -0.39 is 11.7 Å². The maximum Gasteiger partial charge on any atom is 0.416 e. The van der Waals surface area contributed by atoms with E-state index in [1.807, 2.05) is 12.1 Å². The minimum absolute atomic E-state index is 0.0188. The van der Waals surface area contributed by atoms with E-state index in [2.05, 4.69) is 31.4 Å². The summed E-state index contributed by atoms with van der Waals surface area (Å²) in [4.78, 5) is 12.4. The third kappa shape index (κ3) is 5.41. The van der Waals surface area contributed by atoms with Crippen molar-refractivity contribution >= 4 is 23.0 Å². The van der Waals surface area contributed by atoms with Gasteiger partial charge in [0.25, 0.3) is 5.91 Å². The molecule has 0 aliphatic heterocycles. The third-order valence-corrected chi connectivity index (χ3v) is 4.66. The zero-order valence-electron chi connectivity index (χ0n) is 17.0. The molecule has 0 bridgehead atoms. The highest BCUT2D eigenvalue weighted by atomic mass is 19.4. The first-order chi connectivity index (χ1) is 14.0. The second-order valence-electron chi connectivity index (χ2n) is 8.06. The molecule has 0 saturated carbocycles. The molecule has 0 aliphatic rings. The van der Waals surface area contributed by atoms with Gasteiger partial charge >= 0.3 is 6.18 Å². The molecule has 0 aromatic heterocycles. The van der Waals surface area contributed by atoms with Crippen LogP contribution in [0.2, 0.25) is 0 Å². The van der Waals surface area contributed by atoms with Gasteiger partial charge in [0.2, 0.25) is 0 Å². The largest absolute Gasteiger partial charge is 0.416 e. The summed E-state index contributed by atoms with van der Waals surface area (Å²) in [6, 6.07) is 19.3. The summed E-state index contributed by atoms with van der Waals surface area (Å²) in [6.45, 7) is 6.34. The summed E-state index contributed by atoms with van der Waals surface area (Å²) in [5.41, 5.74) is 2.90. The molecule has 30 heavy (non-hydrogen) atoms. The smallest absolute Gasteiger partial charge is 0.356 e. The standard InChI is InChI=1S/C24H23F3N2O/c1-23(2,3)17-6-4-16(5-7-17)22(30)29-21-14-12-20(13-15-21)28-19-10-8-18(9-11-19)24(25,26)27/h4-15,28H,1-3H3,(H,29,30). The monoisotopic (exact) mass is 412 g/mol. The van der Waals surface area contributed by atoms with Gasteiger partial charge in [-0.15, -0.1) is 0 Å². The van der Waals surface area contributed by atoms with Crippen LogP contribution in [-0.2, 0) is 11.6 Å². The fourth-order valence-electron chi connectivity index (χ4n) is 2.87. The summed E-state index contributed by atoms with van der Waals surface area (Å²) in [5.74, 6) is -0.209. The van der Waals surface area contributed by atoms with Crippen LogP contribution in [-0.4, -0.2) is 5.91 Å². The summed E-state index contributed by atoms with van der Waals surface area (Å²) in [6.07, 6.45) is -4.36. The highest BCUT2D eigenvalue weighted by Gasteiger charge is 2.29. The van der Waals surface area contributed by atoms with E-state index in [9.17, 15) is 18.0 Å². The predicted octanol–water partition coefficient (Wildman–Crippen LogP) is 7.00. The zero-order chi connectivity index (χ0) is 21.9. The van der Waals surface area contributed by atoms with Crippen LogP contribution in [0.15, 0.2) is 72.8 Å². The van der Waals surface area contributed by atoms with Gasteiger partial charge in [0.1, 0.15) is 0 Å². The predicted molar refractivity (Wildman–Crippen MR) is 114 cm³/mol. The van der Waals surface area contributed by atoms with Gasteiger partial charge in [-0.25, -0.2) is 0 Å². The normalized spacial score (nSPS) is 11.8. The maximum absolute atomic E-state index is 12.6. The van der Waals surface area contributed by atoms with Gasteiger partial charge in [-0.05, 0) is 71.6 Å². The Kier molecular flexibility index (Phi) is 5.87. The molecule has 0 heterocycles. The van der Waals surface area contributed by atoms with Gasteiger partial charge in [-0.3, -0.25) is 4.79 Å². The van der Waals surface area contributed by atoms with E-state index in [0.29, 0.717) is 22.6 Å². The molecule has 0 radical (unpaired) electrons. The lowest BCUT2D eigenvalue weighted by molar-refractivity contribution is -0.137. The lowest BCUT2D eigenvalue weighted by Crippen LogP contribution is -2.14. The van der Waals surface area contributed by atoms with Crippen molar-refractivity contribution < 1.29 is 18.0 Å². The van der Waals surface area contributed by atoms with E-state index in [1.54, 1.807) is 36.4 Å². The Morgan fingerprint density at radius 3 is 1.57 bits per heavy atom. The molecule has 3 nitrogen and oxygen atoms in total. The van der Waals surface area contributed by atoms with Gasteiger partial charge in [-0.1, -0.05) is 32.9 Å². The Morgan fingerprint density at radius 1 is 0.667 bits per heavy atom. The zero-order valence-corrected chi connectivity index (χ0v) is 17.0. The molecule has 0 atom stereocenters. The van der Waals surface area contributed by atoms with Crippen molar-refractivity contribution in [2.24, 2.45) is 0 Å². The summed E-state index contributed by atoms with van der Waals surface area (Å²) in [5, 5.41) is 5.87. The van der Waals surface area contributed by atoms with E-state index >= 15 is 0 Å². The molecule has 0 aliphatic carbocycles. The molecule has 0 fully saturated rings. The fourth-order valence-corrected chi connectivity index (χ4v) is 2.87. The highest BCUT2D eigenvalue weighted by Crippen LogP contribution is 2.30. The molecule has 3 aromatic carbocycles. The molecule has 3 aromatic rings. The van der Waals surface area contributed by atoms with Crippen molar-refractivity contribution in [3.8, 4) is 0 Å². The van der Waals surface area contributed by atoms with Crippen LogP contribution < -0.4 is 10.6 Å². The number of carbonyl (C=O) groups is 1. The maximum atomic E-state index is 12.6. The number of amides is 1. The minimum Gasteiger partial charge on any atom is -0.356 e. The molecule has 0 unspecified atom stereocenters. The molecular weight excluding hydrogens is 389 g/mol. The Morgan fingerprint density at radius 2 is 1.10 bits per heavy atom. The Labute approximate surface area is 173 Å². The summed E-state index contributed by atoms with van der Waals surface area (Å²) < 4.78 is 37.9. The third-order valence-electron chi connectivity index (χ3n) is 4.66.